The van der Waals surface area contributed by atoms with Gasteiger partial charge in [-0.25, -0.2) is 0 Å². The molecule has 0 atom stereocenters. The minimum Gasteiger partial charge on any atom is -0.464 e. The molecule has 0 bridgehead atoms. The second-order valence-electron chi connectivity index (χ2n) is 4.92. The SMILES string of the molecule is CC(C)(C)c1ccc(Cl)c(-c2ccco2)c1. The van der Waals surface area contributed by atoms with E-state index in [1.54, 1.807) is 6.26 Å². The van der Waals surface area contributed by atoms with E-state index in [1.165, 1.54) is 5.56 Å². The number of halogens is 1. The normalized spacial score (nSPS) is 11.8. The van der Waals surface area contributed by atoms with Crippen molar-refractivity contribution in [3.8, 4) is 11.3 Å². The highest BCUT2D eigenvalue weighted by Gasteiger charge is 2.16. The zero-order chi connectivity index (χ0) is 11.8. The first kappa shape index (κ1) is 11.3. The summed E-state index contributed by atoms with van der Waals surface area (Å²) in [5.74, 6) is 0.816. The molecule has 1 nitrogen and oxygen atoms in total. The summed E-state index contributed by atoms with van der Waals surface area (Å²) in [5, 5.41) is 0.725. The maximum atomic E-state index is 6.18. The molecule has 0 aliphatic carbocycles. The standard InChI is InChI=1S/C14H15ClO/c1-14(2,3)10-6-7-12(15)11(9-10)13-5-4-8-16-13/h4-9H,1-3H3. The van der Waals surface area contributed by atoms with Crippen LogP contribution in [0.15, 0.2) is 41.0 Å². The lowest BCUT2D eigenvalue weighted by atomic mass is 9.86. The van der Waals surface area contributed by atoms with Gasteiger partial charge >= 0.3 is 0 Å². The van der Waals surface area contributed by atoms with E-state index in [-0.39, 0.29) is 5.41 Å². The van der Waals surface area contributed by atoms with E-state index >= 15 is 0 Å². The van der Waals surface area contributed by atoms with Crippen LogP contribution in [-0.2, 0) is 5.41 Å². The maximum Gasteiger partial charge on any atom is 0.135 e. The number of hydrogen-bond acceptors (Lipinski definition) is 1. The summed E-state index contributed by atoms with van der Waals surface area (Å²) in [6.07, 6.45) is 1.66. The monoisotopic (exact) mass is 234 g/mol. The molecule has 0 amide bonds. The third kappa shape index (κ3) is 2.14. The predicted octanol–water partition coefficient (Wildman–Crippen LogP) is 4.90. The lowest BCUT2D eigenvalue weighted by molar-refractivity contribution is 0.578. The number of hydrogen-bond donors (Lipinski definition) is 0. The first-order chi connectivity index (χ1) is 7.48. The van der Waals surface area contributed by atoms with Gasteiger partial charge in [0.1, 0.15) is 5.76 Å². The van der Waals surface area contributed by atoms with E-state index in [0.717, 1.165) is 16.3 Å². The van der Waals surface area contributed by atoms with Crippen molar-refractivity contribution in [1.82, 2.24) is 0 Å². The lowest BCUT2D eigenvalue weighted by Crippen LogP contribution is -2.10. The Morgan fingerprint density at radius 2 is 1.88 bits per heavy atom. The topological polar surface area (TPSA) is 13.1 Å². The molecule has 2 heteroatoms. The highest BCUT2D eigenvalue weighted by atomic mass is 35.5. The van der Waals surface area contributed by atoms with Crippen LogP contribution in [0.5, 0.6) is 0 Å². The summed E-state index contributed by atoms with van der Waals surface area (Å²) in [6, 6.07) is 9.89. The molecule has 2 aromatic rings. The van der Waals surface area contributed by atoms with Gasteiger partial charge in [0.05, 0.1) is 11.3 Å². The molecule has 1 heterocycles. The van der Waals surface area contributed by atoms with Crippen LogP contribution < -0.4 is 0 Å². The van der Waals surface area contributed by atoms with Crippen LogP contribution in [0.2, 0.25) is 5.02 Å². The second kappa shape index (κ2) is 3.99. The molecule has 1 aromatic carbocycles. The van der Waals surface area contributed by atoms with Gasteiger partial charge in [-0.15, -0.1) is 0 Å². The van der Waals surface area contributed by atoms with E-state index in [4.69, 9.17) is 16.0 Å². The predicted molar refractivity (Wildman–Crippen MR) is 67.9 cm³/mol. The Bertz CT molecular complexity index is 478. The Hall–Kier alpha value is -1.21. The van der Waals surface area contributed by atoms with Gasteiger partial charge in [0, 0.05) is 5.56 Å². The van der Waals surface area contributed by atoms with E-state index in [1.807, 2.05) is 18.2 Å². The van der Waals surface area contributed by atoms with E-state index in [0.29, 0.717) is 0 Å². The summed E-state index contributed by atoms with van der Waals surface area (Å²) in [4.78, 5) is 0. The van der Waals surface area contributed by atoms with Crippen LogP contribution >= 0.6 is 11.6 Å². The van der Waals surface area contributed by atoms with Gasteiger partial charge in [0.25, 0.3) is 0 Å². The quantitative estimate of drug-likeness (QED) is 0.684. The van der Waals surface area contributed by atoms with Crippen molar-refractivity contribution in [2.45, 2.75) is 26.2 Å². The van der Waals surface area contributed by atoms with Crippen molar-refractivity contribution in [2.75, 3.05) is 0 Å². The van der Waals surface area contributed by atoms with Crippen LogP contribution in [0, 0.1) is 0 Å². The molecule has 0 saturated carbocycles. The van der Waals surface area contributed by atoms with Crippen molar-refractivity contribution in [1.29, 1.82) is 0 Å². The zero-order valence-electron chi connectivity index (χ0n) is 9.75. The molecule has 0 saturated heterocycles. The first-order valence-corrected chi connectivity index (χ1v) is 5.70. The van der Waals surface area contributed by atoms with Crippen LogP contribution in [0.3, 0.4) is 0 Å². The van der Waals surface area contributed by atoms with Gasteiger partial charge in [-0.2, -0.15) is 0 Å². The fraction of sp³-hybridized carbons (Fsp3) is 0.286. The van der Waals surface area contributed by atoms with Gasteiger partial charge in [0.15, 0.2) is 0 Å². The van der Waals surface area contributed by atoms with Crippen molar-refractivity contribution < 1.29 is 4.42 Å². The van der Waals surface area contributed by atoms with Crippen molar-refractivity contribution >= 4 is 11.6 Å². The lowest BCUT2D eigenvalue weighted by Gasteiger charge is -2.20. The third-order valence-corrected chi connectivity index (χ3v) is 2.95. The zero-order valence-corrected chi connectivity index (χ0v) is 10.5. The van der Waals surface area contributed by atoms with E-state index in [9.17, 15) is 0 Å². The number of furan rings is 1. The largest absolute Gasteiger partial charge is 0.464 e. The maximum absolute atomic E-state index is 6.18. The molecular weight excluding hydrogens is 220 g/mol. The van der Waals surface area contributed by atoms with Crippen molar-refractivity contribution in [3.63, 3.8) is 0 Å². The van der Waals surface area contributed by atoms with Crippen molar-refractivity contribution in [3.05, 3.63) is 47.2 Å². The van der Waals surface area contributed by atoms with E-state index < -0.39 is 0 Å². The minimum absolute atomic E-state index is 0.117. The Morgan fingerprint density at radius 1 is 1.12 bits per heavy atom. The molecule has 1 aromatic heterocycles. The fourth-order valence-electron chi connectivity index (χ4n) is 1.61. The highest BCUT2D eigenvalue weighted by Crippen LogP contribution is 2.33. The van der Waals surface area contributed by atoms with E-state index in [2.05, 4.69) is 32.9 Å². The molecule has 0 spiro atoms. The minimum atomic E-state index is 0.117. The van der Waals surface area contributed by atoms with Crippen molar-refractivity contribution in [2.24, 2.45) is 0 Å². The van der Waals surface area contributed by atoms with Gasteiger partial charge in [-0.3, -0.25) is 0 Å². The van der Waals surface area contributed by atoms with Gasteiger partial charge in [-0.1, -0.05) is 38.4 Å². The molecular formula is C14H15ClO. The molecule has 0 radical (unpaired) electrons. The Kier molecular flexibility index (Phi) is 2.81. The average Bonchev–Trinajstić information content (AvgIpc) is 2.69. The number of rotatable bonds is 1. The summed E-state index contributed by atoms with van der Waals surface area (Å²) in [5.41, 5.74) is 2.33. The molecule has 0 fully saturated rings. The van der Waals surface area contributed by atoms with Crippen LogP contribution in [-0.4, -0.2) is 0 Å². The molecule has 2 rings (SSSR count). The summed E-state index contributed by atoms with van der Waals surface area (Å²) >= 11 is 6.18. The Morgan fingerprint density at radius 3 is 2.44 bits per heavy atom. The van der Waals surface area contributed by atoms with Crippen LogP contribution in [0.25, 0.3) is 11.3 Å². The average molecular weight is 235 g/mol. The third-order valence-electron chi connectivity index (χ3n) is 2.62. The van der Waals surface area contributed by atoms with Gasteiger partial charge in [0.2, 0.25) is 0 Å². The van der Waals surface area contributed by atoms with Gasteiger partial charge in [-0.05, 0) is 35.2 Å². The van der Waals surface area contributed by atoms with Gasteiger partial charge < -0.3 is 4.42 Å². The Labute approximate surface area is 101 Å². The molecule has 84 valence electrons. The molecule has 0 N–H and O–H groups in total. The van der Waals surface area contributed by atoms with Crippen LogP contribution in [0.1, 0.15) is 26.3 Å². The molecule has 16 heavy (non-hydrogen) atoms. The Balaban J connectivity index is 2.54. The number of benzene rings is 1. The highest BCUT2D eigenvalue weighted by molar-refractivity contribution is 6.33. The summed E-state index contributed by atoms with van der Waals surface area (Å²) < 4.78 is 5.38. The van der Waals surface area contributed by atoms with Crippen LogP contribution in [0.4, 0.5) is 0 Å². The first-order valence-electron chi connectivity index (χ1n) is 5.32. The fourth-order valence-corrected chi connectivity index (χ4v) is 1.82. The smallest absolute Gasteiger partial charge is 0.135 e. The molecule has 0 unspecified atom stereocenters. The summed E-state index contributed by atoms with van der Waals surface area (Å²) in [7, 11) is 0. The molecule has 0 aliphatic rings. The summed E-state index contributed by atoms with van der Waals surface area (Å²) in [6.45, 7) is 6.55. The molecule has 0 aliphatic heterocycles. The second-order valence-corrected chi connectivity index (χ2v) is 5.33.